The minimum atomic E-state index is -0.0327. The van der Waals surface area contributed by atoms with Crippen molar-refractivity contribution >= 4 is 5.91 Å². The molecule has 0 aliphatic carbocycles. The third-order valence-electron chi connectivity index (χ3n) is 2.67. The average Bonchev–Trinajstić information content (AvgIpc) is 2.40. The zero-order chi connectivity index (χ0) is 12.8. The fraction of sp³-hybridized carbons (Fsp3) is 0.200. The predicted molar refractivity (Wildman–Crippen MR) is 71.5 cm³/mol. The van der Waals surface area contributed by atoms with Crippen LogP contribution >= 0.6 is 0 Å². The number of aryl methyl sites for hydroxylation is 1. The molecule has 0 aliphatic rings. The van der Waals surface area contributed by atoms with Crippen LogP contribution < -0.4 is 5.32 Å². The molecule has 1 N–H and O–H groups in total. The molecular weight excluding hydrogens is 224 g/mol. The molecule has 1 aromatic heterocycles. The lowest BCUT2D eigenvalue weighted by molar-refractivity contribution is 0.0954. The summed E-state index contributed by atoms with van der Waals surface area (Å²) in [5.74, 6) is -0.0327. The molecule has 0 atom stereocenters. The van der Waals surface area contributed by atoms with Crippen LogP contribution in [0.5, 0.6) is 0 Å². The number of carbonyl (C=O) groups is 1. The summed E-state index contributed by atoms with van der Waals surface area (Å²) in [6.45, 7) is 2.58. The van der Waals surface area contributed by atoms with Crippen LogP contribution in [0, 0.1) is 6.92 Å². The molecule has 2 aromatic rings. The monoisotopic (exact) mass is 240 g/mol. The van der Waals surface area contributed by atoms with E-state index in [1.165, 1.54) is 0 Å². The van der Waals surface area contributed by atoms with E-state index in [9.17, 15) is 4.79 Å². The number of nitrogens with zero attached hydrogens (tertiary/aromatic N) is 1. The van der Waals surface area contributed by atoms with Crippen LogP contribution in [-0.2, 0) is 6.42 Å². The zero-order valence-electron chi connectivity index (χ0n) is 10.4. The molecule has 92 valence electrons. The second-order valence-corrected chi connectivity index (χ2v) is 4.20. The van der Waals surface area contributed by atoms with Gasteiger partial charge in [-0.05, 0) is 31.2 Å². The average molecular weight is 240 g/mol. The fourth-order valence-corrected chi connectivity index (χ4v) is 1.74. The molecule has 1 amide bonds. The summed E-state index contributed by atoms with van der Waals surface area (Å²) in [7, 11) is 0. The van der Waals surface area contributed by atoms with Gasteiger partial charge in [0.1, 0.15) is 0 Å². The molecule has 0 spiro atoms. The predicted octanol–water partition coefficient (Wildman–Crippen LogP) is 2.36. The van der Waals surface area contributed by atoms with E-state index in [1.54, 1.807) is 6.20 Å². The molecule has 0 unspecified atom stereocenters. The van der Waals surface area contributed by atoms with Crippen molar-refractivity contribution in [3.05, 3.63) is 65.5 Å². The van der Waals surface area contributed by atoms with E-state index in [1.807, 2.05) is 49.4 Å². The van der Waals surface area contributed by atoms with E-state index in [2.05, 4.69) is 10.3 Å². The smallest absolute Gasteiger partial charge is 0.251 e. The van der Waals surface area contributed by atoms with Gasteiger partial charge in [0.2, 0.25) is 0 Å². The van der Waals surface area contributed by atoms with E-state index >= 15 is 0 Å². The molecule has 3 nitrogen and oxygen atoms in total. The van der Waals surface area contributed by atoms with Crippen LogP contribution in [0.4, 0.5) is 0 Å². The van der Waals surface area contributed by atoms with Gasteiger partial charge in [-0.3, -0.25) is 9.78 Å². The van der Waals surface area contributed by atoms with Crippen LogP contribution in [0.3, 0.4) is 0 Å². The molecule has 2 rings (SSSR count). The number of amides is 1. The SMILES string of the molecule is Cc1cccc(C(=O)NCCc2ccccn2)c1. The summed E-state index contributed by atoms with van der Waals surface area (Å²) < 4.78 is 0. The van der Waals surface area contributed by atoms with E-state index < -0.39 is 0 Å². The van der Waals surface area contributed by atoms with E-state index in [0.29, 0.717) is 12.1 Å². The van der Waals surface area contributed by atoms with Gasteiger partial charge in [0.15, 0.2) is 0 Å². The third kappa shape index (κ3) is 3.42. The Kier molecular flexibility index (Phi) is 4.07. The zero-order valence-corrected chi connectivity index (χ0v) is 10.4. The van der Waals surface area contributed by atoms with Crippen molar-refractivity contribution in [3.63, 3.8) is 0 Å². The highest BCUT2D eigenvalue weighted by Gasteiger charge is 2.04. The number of hydrogen-bond donors (Lipinski definition) is 1. The van der Waals surface area contributed by atoms with Crippen molar-refractivity contribution in [2.45, 2.75) is 13.3 Å². The first-order valence-corrected chi connectivity index (χ1v) is 6.00. The summed E-state index contributed by atoms with van der Waals surface area (Å²) in [5.41, 5.74) is 2.78. The van der Waals surface area contributed by atoms with Crippen molar-refractivity contribution in [2.24, 2.45) is 0 Å². The van der Waals surface area contributed by atoms with Crippen LogP contribution in [0.25, 0.3) is 0 Å². The lowest BCUT2D eigenvalue weighted by Gasteiger charge is -2.05. The maximum absolute atomic E-state index is 11.9. The fourth-order valence-electron chi connectivity index (χ4n) is 1.74. The van der Waals surface area contributed by atoms with Crippen LogP contribution in [0.1, 0.15) is 21.6 Å². The Balaban J connectivity index is 1.86. The van der Waals surface area contributed by atoms with Gasteiger partial charge in [-0.2, -0.15) is 0 Å². The van der Waals surface area contributed by atoms with Crippen molar-refractivity contribution in [3.8, 4) is 0 Å². The number of benzene rings is 1. The number of hydrogen-bond acceptors (Lipinski definition) is 2. The van der Waals surface area contributed by atoms with Crippen LogP contribution in [-0.4, -0.2) is 17.4 Å². The minimum Gasteiger partial charge on any atom is -0.352 e. The van der Waals surface area contributed by atoms with Crippen molar-refractivity contribution < 1.29 is 4.79 Å². The Morgan fingerprint density at radius 1 is 1.22 bits per heavy atom. The second kappa shape index (κ2) is 5.96. The van der Waals surface area contributed by atoms with Crippen molar-refractivity contribution in [1.82, 2.24) is 10.3 Å². The molecule has 0 fully saturated rings. The van der Waals surface area contributed by atoms with Gasteiger partial charge >= 0.3 is 0 Å². The highest BCUT2D eigenvalue weighted by Crippen LogP contribution is 2.03. The quantitative estimate of drug-likeness (QED) is 0.891. The van der Waals surface area contributed by atoms with Gasteiger partial charge in [0.25, 0.3) is 5.91 Å². The summed E-state index contributed by atoms with van der Waals surface area (Å²) in [4.78, 5) is 16.1. The first-order valence-electron chi connectivity index (χ1n) is 6.00. The topological polar surface area (TPSA) is 42.0 Å². The first-order chi connectivity index (χ1) is 8.75. The second-order valence-electron chi connectivity index (χ2n) is 4.20. The Hall–Kier alpha value is -2.16. The first kappa shape index (κ1) is 12.3. The molecule has 1 aromatic carbocycles. The number of rotatable bonds is 4. The number of aromatic nitrogens is 1. The van der Waals surface area contributed by atoms with E-state index in [0.717, 1.165) is 17.7 Å². The summed E-state index contributed by atoms with van der Waals surface area (Å²) >= 11 is 0. The molecule has 0 saturated heterocycles. The Bertz CT molecular complexity index is 523. The molecular formula is C15H16N2O. The molecule has 18 heavy (non-hydrogen) atoms. The highest BCUT2D eigenvalue weighted by molar-refractivity contribution is 5.94. The van der Waals surface area contributed by atoms with E-state index in [4.69, 9.17) is 0 Å². The molecule has 0 saturated carbocycles. The number of carbonyl (C=O) groups excluding carboxylic acids is 1. The largest absolute Gasteiger partial charge is 0.352 e. The van der Waals surface area contributed by atoms with Gasteiger partial charge in [-0.1, -0.05) is 23.8 Å². The van der Waals surface area contributed by atoms with Crippen molar-refractivity contribution in [1.29, 1.82) is 0 Å². The molecule has 0 bridgehead atoms. The molecule has 0 aliphatic heterocycles. The Morgan fingerprint density at radius 2 is 2.11 bits per heavy atom. The summed E-state index contributed by atoms with van der Waals surface area (Å²) in [6.07, 6.45) is 2.51. The van der Waals surface area contributed by atoms with E-state index in [-0.39, 0.29) is 5.91 Å². The lowest BCUT2D eigenvalue weighted by Crippen LogP contribution is -2.25. The van der Waals surface area contributed by atoms with Gasteiger partial charge in [0.05, 0.1) is 0 Å². The molecule has 3 heteroatoms. The maximum atomic E-state index is 11.9. The van der Waals surface area contributed by atoms with Gasteiger partial charge < -0.3 is 5.32 Å². The summed E-state index contributed by atoms with van der Waals surface area (Å²) in [6, 6.07) is 13.4. The number of pyridine rings is 1. The number of nitrogens with one attached hydrogen (secondary N) is 1. The highest BCUT2D eigenvalue weighted by atomic mass is 16.1. The van der Waals surface area contributed by atoms with Crippen LogP contribution in [0.2, 0.25) is 0 Å². The molecule has 1 heterocycles. The summed E-state index contributed by atoms with van der Waals surface area (Å²) in [5, 5.41) is 2.90. The maximum Gasteiger partial charge on any atom is 0.251 e. The van der Waals surface area contributed by atoms with Crippen LogP contribution in [0.15, 0.2) is 48.7 Å². The van der Waals surface area contributed by atoms with Gasteiger partial charge in [0, 0.05) is 30.4 Å². The van der Waals surface area contributed by atoms with Gasteiger partial charge in [-0.25, -0.2) is 0 Å². The molecule has 0 radical (unpaired) electrons. The lowest BCUT2D eigenvalue weighted by atomic mass is 10.1. The third-order valence-corrected chi connectivity index (χ3v) is 2.67. The Morgan fingerprint density at radius 3 is 2.83 bits per heavy atom. The Labute approximate surface area is 107 Å². The van der Waals surface area contributed by atoms with Gasteiger partial charge in [-0.15, -0.1) is 0 Å². The standard InChI is InChI=1S/C15H16N2O/c1-12-5-4-6-13(11-12)15(18)17-10-8-14-7-2-3-9-16-14/h2-7,9,11H,8,10H2,1H3,(H,17,18). The minimum absolute atomic E-state index is 0.0327. The van der Waals surface area contributed by atoms with Crippen molar-refractivity contribution in [2.75, 3.05) is 6.54 Å². The normalized spacial score (nSPS) is 10.1.